The third-order valence-corrected chi connectivity index (χ3v) is 5.46. The summed E-state index contributed by atoms with van der Waals surface area (Å²) in [6.45, 7) is 0.440. The number of hydrogen-bond donors (Lipinski definition) is 1. The number of carbonyl (C=O) groups excluding carboxylic acids is 1. The first-order valence-corrected chi connectivity index (χ1v) is 8.61. The summed E-state index contributed by atoms with van der Waals surface area (Å²) in [4.78, 5) is 15.3. The zero-order chi connectivity index (χ0) is 15.2. The minimum absolute atomic E-state index is 0.112. The molecule has 0 aliphatic heterocycles. The molecule has 3 rings (SSSR count). The fourth-order valence-electron chi connectivity index (χ4n) is 3.21. The van der Waals surface area contributed by atoms with Gasteiger partial charge in [0.2, 0.25) is 15.9 Å². The van der Waals surface area contributed by atoms with Gasteiger partial charge in [-0.3, -0.25) is 4.79 Å². The topological polar surface area (TPSA) is 99.4 Å². The van der Waals surface area contributed by atoms with Gasteiger partial charge in [-0.25, -0.2) is 18.5 Å². The van der Waals surface area contributed by atoms with E-state index in [2.05, 4.69) is 4.98 Å². The highest BCUT2D eigenvalue weighted by atomic mass is 35.5. The first kappa shape index (κ1) is 14.7. The van der Waals surface area contributed by atoms with Crippen LogP contribution in [0.2, 0.25) is 5.02 Å². The Morgan fingerprint density at radius 1 is 1.43 bits per heavy atom. The number of halogens is 1. The van der Waals surface area contributed by atoms with E-state index in [-0.39, 0.29) is 21.7 Å². The van der Waals surface area contributed by atoms with Gasteiger partial charge in [0.15, 0.2) is 0 Å². The lowest BCUT2D eigenvalue weighted by atomic mass is 9.89. The third kappa shape index (κ3) is 2.90. The number of hydrogen-bond acceptors (Lipinski definition) is 5. The Bertz CT molecular complexity index is 691. The Morgan fingerprint density at radius 3 is 2.71 bits per heavy atom. The molecular weight excluding hydrogens is 316 g/mol. The van der Waals surface area contributed by atoms with Crippen molar-refractivity contribution in [3.63, 3.8) is 0 Å². The van der Waals surface area contributed by atoms with Gasteiger partial charge in [-0.15, -0.1) is 0 Å². The van der Waals surface area contributed by atoms with E-state index in [4.69, 9.17) is 21.5 Å². The second-order valence-electron chi connectivity index (χ2n) is 5.67. The summed E-state index contributed by atoms with van der Waals surface area (Å²) < 4.78 is 28.0. The number of pyridine rings is 1. The first-order chi connectivity index (χ1) is 9.84. The van der Waals surface area contributed by atoms with Crippen molar-refractivity contribution < 1.29 is 17.9 Å². The van der Waals surface area contributed by atoms with Crippen LogP contribution in [0.3, 0.4) is 0 Å². The molecule has 0 saturated heterocycles. The number of sulfonamides is 1. The standard InChI is InChI=1S/C13H15ClN2O4S/c14-11-4-10(21(15,18)19)5-16-13(11)20-6-9-2-8-1-7(9)3-12(8)17/h4-5,7-9H,1-3,6H2,(H2,15,18,19)/t7-,8-,9+/m0/s1. The molecule has 3 atom stereocenters. The van der Waals surface area contributed by atoms with Gasteiger partial charge >= 0.3 is 0 Å². The molecule has 0 aromatic carbocycles. The molecule has 6 nitrogen and oxygen atoms in total. The molecule has 2 aliphatic carbocycles. The quantitative estimate of drug-likeness (QED) is 0.899. The number of fused-ring (bicyclic) bond motifs is 2. The summed E-state index contributed by atoms with van der Waals surface area (Å²) in [6, 6.07) is 1.23. The monoisotopic (exact) mass is 330 g/mol. The van der Waals surface area contributed by atoms with E-state index in [9.17, 15) is 13.2 Å². The van der Waals surface area contributed by atoms with Gasteiger partial charge in [0.05, 0.1) is 12.8 Å². The highest BCUT2D eigenvalue weighted by molar-refractivity contribution is 7.89. The van der Waals surface area contributed by atoms with Crippen LogP contribution in [0, 0.1) is 17.8 Å². The van der Waals surface area contributed by atoms with Crippen LogP contribution in [0.4, 0.5) is 0 Å². The Hall–Kier alpha value is -1.18. The maximum absolute atomic E-state index is 11.5. The Balaban J connectivity index is 1.65. The number of aromatic nitrogens is 1. The molecule has 2 fully saturated rings. The lowest BCUT2D eigenvalue weighted by Crippen LogP contribution is -2.23. The SMILES string of the molecule is NS(=O)(=O)c1cnc(OC[C@H]2C[C@@H]3C[C@H]2CC3=O)c(Cl)c1. The lowest BCUT2D eigenvalue weighted by molar-refractivity contribution is -0.122. The predicted molar refractivity (Wildman–Crippen MR) is 75.4 cm³/mol. The van der Waals surface area contributed by atoms with Crippen LogP contribution >= 0.6 is 11.6 Å². The molecule has 0 unspecified atom stereocenters. The molecule has 2 N–H and O–H groups in total. The van der Waals surface area contributed by atoms with E-state index >= 15 is 0 Å². The predicted octanol–water partition coefficient (Wildman–Crippen LogP) is 1.38. The van der Waals surface area contributed by atoms with Crippen molar-refractivity contribution in [1.29, 1.82) is 0 Å². The van der Waals surface area contributed by atoms with Crippen LogP contribution in [0.1, 0.15) is 19.3 Å². The van der Waals surface area contributed by atoms with Gasteiger partial charge in [-0.1, -0.05) is 11.6 Å². The number of Topliss-reactive ketones (excluding diaryl/α,β-unsaturated/α-hetero) is 1. The fourth-order valence-corrected chi connectivity index (χ4v) is 3.98. The normalized spacial score (nSPS) is 28.1. The van der Waals surface area contributed by atoms with Crippen LogP contribution in [0.5, 0.6) is 5.88 Å². The Kier molecular flexibility index (Phi) is 3.67. The van der Waals surface area contributed by atoms with Crippen molar-refractivity contribution in [2.75, 3.05) is 6.61 Å². The molecule has 114 valence electrons. The Morgan fingerprint density at radius 2 is 2.19 bits per heavy atom. The summed E-state index contributed by atoms with van der Waals surface area (Å²) >= 11 is 5.96. The molecule has 1 heterocycles. The number of carbonyl (C=O) groups is 1. The molecule has 2 bridgehead atoms. The molecule has 0 radical (unpaired) electrons. The van der Waals surface area contributed by atoms with Crippen molar-refractivity contribution in [1.82, 2.24) is 4.98 Å². The molecule has 2 saturated carbocycles. The summed E-state index contributed by atoms with van der Waals surface area (Å²) in [6.07, 6.45) is 3.58. The highest BCUT2D eigenvalue weighted by Crippen LogP contribution is 2.46. The lowest BCUT2D eigenvalue weighted by Gasteiger charge is -2.21. The third-order valence-electron chi connectivity index (χ3n) is 4.30. The highest BCUT2D eigenvalue weighted by Gasteiger charge is 2.45. The number of primary sulfonamides is 1. The number of ketones is 1. The average Bonchev–Trinajstić information content (AvgIpc) is 2.95. The second-order valence-corrected chi connectivity index (χ2v) is 7.64. The molecule has 1 aromatic rings. The number of ether oxygens (including phenoxy) is 1. The van der Waals surface area contributed by atoms with Crippen molar-refractivity contribution in [3.05, 3.63) is 17.3 Å². The van der Waals surface area contributed by atoms with Gasteiger partial charge in [0.1, 0.15) is 15.7 Å². The minimum atomic E-state index is -3.83. The zero-order valence-electron chi connectivity index (χ0n) is 11.2. The van der Waals surface area contributed by atoms with Crippen molar-refractivity contribution in [2.24, 2.45) is 22.9 Å². The first-order valence-electron chi connectivity index (χ1n) is 6.68. The van der Waals surface area contributed by atoms with E-state index in [1.807, 2.05) is 0 Å². The van der Waals surface area contributed by atoms with Crippen molar-refractivity contribution in [2.45, 2.75) is 24.2 Å². The van der Waals surface area contributed by atoms with Gasteiger partial charge < -0.3 is 4.74 Å². The maximum atomic E-state index is 11.5. The average molecular weight is 331 g/mol. The molecule has 8 heteroatoms. The molecule has 21 heavy (non-hydrogen) atoms. The van der Waals surface area contributed by atoms with Gasteiger partial charge in [0.25, 0.3) is 0 Å². The van der Waals surface area contributed by atoms with Crippen LogP contribution < -0.4 is 9.88 Å². The minimum Gasteiger partial charge on any atom is -0.476 e. The smallest absolute Gasteiger partial charge is 0.239 e. The van der Waals surface area contributed by atoms with Crippen LogP contribution in [0.15, 0.2) is 17.2 Å². The molecule has 2 aliphatic rings. The van der Waals surface area contributed by atoms with E-state index < -0.39 is 10.0 Å². The van der Waals surface area contributed by atoms with Crippen molar-refractivity contribution in [3.8, 4) is 5.88 Å². The van der Waals surface area contributed by atoms with Gasteiger partial charge in [-0.05, 0) is 30.7 Å². The molecular formula is C13H15ClN2O4S. The summed E-state index contributed by atoms with van der Waals surface area (Å²) in [7, 11) is -3.83. The summed E-state index contributed by atoms with van der Waals surface area (Å²) in [5, 5.41) is 5.12. The van der Waals surface area contributed by atoms with E-state index in [1.165, 1.54) is 6.07 Å². The maximum Gasteiger partial charge on any atom is 0.239 e. The van der Waals surface area contributed by atoms with E-state index in [0.29, 0.717) is 30.6 Å². The van der Waals surface area contributed by atoms with Crippen molar-refractivity contribution >= 4 is 27.4 Å². The van der Waals surface area contributed by atoms with E-state index in [0.717, 1.165) is 19.0 Å². The van der Waals surface area contributed by atoms with E-state index in [1.54, 1.807) is 0 Å². The second kappa shape index (κ2) is 5.23. The van der Waals surface area contributed by atoms with Gasteiger partial charge in [-0.2, -0.15) is 0 Å². The van der Waals surface area contributed by atoms with Crippen LogP contribution in [0.25, 0.3) is 0 Å². The molecule has 0 spiro atoms. The van der Waals surface area contributed by atoms with Crippen LogP contribution in [-0.2, 0) is 14.8 Å². The number of nitrogens with zero attached hydrogens (tertiary/aromatic N) is 1. The Labute approximate surface area is 127 Å². The molecule has 1 aromatic heterocycles. The fraction of sp³-hybridized carbons (Fsp3) is 0.538. The number of rotatable bonds is 4. The number of nitrogens with two attached hydrogens (primary N) is 1. The largest absolute Gasteiger partial charge is 0.476 e. The summed E-state index contributed by atoms with van der Waals surface area (Å²) in [5.41, 5.74) is 0. The van der Waals surface area contributed by atoms with Crippen LogP contribution in [-0.4, -0.2) is 25.8 Å². The molecule has 0 amide bonds. The van der Waals surface area contributed by atoms with Gasteiger partial charge in [0, 0.05) is 12.3 Å². The zero-order valence-corrected chi connectivity index (χ0v) is 12.7. The summed E-state index contributed by atoms with van der Waals surface area (Å²) in [5.74, 6) is 1.48.